The standard InChI is InChI=1S/C26H37F2O5PSSi/c1-6-30-34(35,31-7-2)26(27,28)22-18-24(29)33-23(22)19-32-36(25(3,4)5,20-14-10-8-11-15-20)21-16-12-9-13-17-21/h8-17,22-24,29H,6-7,18-19H2,1-5H3/t22-,23+,24?/m0/s1. The smallest absolute Gasteiger partial charge is 0.326 e. The van der Waals surface area contributed by atoms with Crippen molar-refractivity contribution in [3.8, 4) is 0 Å². The summed E-state index contributed by atoms with van der Waals surface area (Å²) >= 11 is 5.28. The Labute approximate surface area is 219 Å². The van der Waals surface area contributed by atoms with E-state index >= 15 is 8.78 Å². The van der Waals surface area contributed by atoms with Gasteiger partial charge in [0.1, 0.15) is 0 Å². The largest absolute Gasteiger partial charge is 0.405 e. The van der Waals surface area contributed by atoms with Crippen LogP contribution < -0.4 is 10.4 Å². The molecule has 1 fully saturated rings. The van der Waals surface area contributed by atoms with Crippen molar-refractivity contribution in [3.63, 3.8) is 0 Å². The molecule has 0 radical (unpaired) electrons. The normalized spacial score (nSPS) is 21.6. The van der Waals surface area contributed by atoms with E-state index in [9.17, 15) is 5.11 Å². The third kappa shape index (κ3) is 5.69. The molecule has 10 heteroatoms. The number of aliphatic hydroxyl groups excluding tert-OH is 1. The van der Waals surface area contributed by atoms with Crippen LogP contribution in [0.15, 0.2) is 60.7 Å². The lowest BCUT2D eigenvalue weighted by molar-refractivity contribution is -0.110. The van der Waals surface area contributed by atoms with Crippen molar-refractivity contribution in [2.24, 2.45) is 5.92 Å². The van der Waals surface area contributed by atoms with E-state index in [1.54, 1.807) is 13.8 Å². The summed E-state index contributed by atoms with van der Waals surface area (Å²) in [7, 11) is -2.99. The molecule has 0 amide bonds. The molecule has 0 saturated carbocycles. The Morgan fingerprint density at radius 1 is 0.972 bits per heavy atom. The van der Waals surface area contributed by atoms with Gasteiger partial charge in [0.25, 0.3) is 14.8 Å². The second-order valence-corrected chi connectivity index (χ2v) is 17.7. The minimum atomic E-state index is -3.98. The predicted octanol–water partition coefficient (Wildman–Crippen LogP) is 5.26. The van der Waals surface area contributed by atoms with Crippen LogP contribution in [-0.4, -0.2) is 51.3 Å². The molecule has 2 aromatic carbocycles. The van der Waals surface area contributed by atoms with Crippen molar-refractivity contribution in [1.29, 1.82) is 0 Å². The van der Waals surface area contributed by atoms with Gasteiger partial charge in [-0.15, -0.1) is 0 Å². The predicted molar refractivity (Wildman–Crippen MR) is 145 cm³/mol. The van der Waals surface area contributed by atoms with E-state index in [1.807, 2.05) is 60.7 Å². The maximum atomic E-state index is 15.9. The van der Waals surface area contributed by atoms with Crippen LogP contribution in [0.3, 0.4) is 0 Å². The summed E-state index contributed by atoms with van der Waals surface area (Å²) in [5.41, 5.74) is -3.51. The molecule has 1 unspecified atom stereocenters. The molecule has 0 aromatic heterocycles. The maximum absolute atomic E-state index is 15.9. The summed E-state index contributed by atoms with van der Waals surface area (Å²) < 4.78 is 55.0. The van der Waals surface area contributed by atoms with E-state index in [0.717, 1.165) is 10.4 Å². The topological polar surface area (TPSA) is 57.2 Å². The highest BCUT2D eigenvalue weighted by atomic mass is 32.5. The summed E-state index contributed by atoms with van der Waals surface area (Å²) in [5.74, 6) is -1.41. The van der Waals surface area contributed by atoms with Gasteiger partial charge in [0.15, 0.2) is 6.29 Å². The molecule has 200 valence electrons. The molecule has 1 saturated heterocycles. The van der Waals surface area contributed by atoms with E-state index in [0.29, 0.717) is 0 Å². The van der Waals surface area contributed by atoms with Gasteiger partial charge in [-0.05, 0) is 41.1 Å². The van der Waals surface area contributed by atoms with Gasteiger partial charge in [-0.2, -0.15) is 8.78 Å². The summed E-state index contributed by atoms with van der Waals surface area (Å²) in [6.45, 7) is 5.46. The zero-order valence-electron chi connectivity index (χ0n) is 21.5. The highest BCUT2D eigenvalue weighted by Gasteiger charge is 2.61. The van der Waals surface area contributed by atoms with Gasteiger partial charge in [-0.25, -0.2) is 0 Å². The number of alkyl halides is 2. The molecule has 0 spiro atoms. The molecule has 3 rings (SSSR count). The van der Waals surface area contributed by atoms with Gasteiger partial charge in [0.05, 0.1) is 31.8 Å². The second-order valence-electron chi connectivity index (χ2n) is 9.87. The van der Waals surface area contributed by atoms with Crippen LogP contribution in [0.4, 0.5) is 8.78 Å². The Morgan fingerprint density at radius 2 is 1.44 bits per heavy atom. The van der Waals surface area contributed by atoms with E-state index in [4.69, 9.17) is 30.0 Å². The number of hydrogen-bond acceptors (Lipinski definition) is 6. The molecule has 0 bridgehead atoms. The molecule has 5 nitrogen and oxygen atoms in total. The maximum Gasteiger partial charge on any atom is 0.326 e. The minimum Gasteiger partial charge on any atom is -0.405 e. The summed E-state index contributed by atoms with van der Waals surface area (Å²) in [5, 5.41) is 12.0. The van der Waals surface area contributed by atoms with Gasteiger partial charge in [-0.3, -0.25) is 0 Å². The lowest BCUT2D eigenvalue weighted by Gasteiger charge is -2.44. The van der Waals surface area contributed by atoms with Crippen molar-refractivity contribution < 1.29 is 32.1 Å². The molecular formula is C26H37F2O5PSSi. The highest BCUT2D eigenvalue weighted by molar-refractivity contribution is 8.10. The lowest BCUT2D eigenvalue weighted by Crippen LogP contribution is -2.67. The fourth-order valence-electron chi connectivity index (χ4n) is 4.96. The van der Waals surface area contributed by atoms with E-state index in [1.165, 1.54) is 0 Å². The number of benzene rings is 2. The Kier molecular flexibility index (Phi) is 9.66. The molecule has 1 aliphatic rings. The van der Waals surface area contributed by atoms with Crippen LogP contribution in [0, 0.1) is 5.92 Å². The van der Waals surface area contributed by atoms with Crippen molar-refractivity contribution in [3.05, 3.63) is 60.7 Å². The minimum absolute atomic E-state index is 0.00618. The fraction of sp³-hybridized carbons (Fsp3) is 0.538. The SMILES string of the molecule is CCOP(=S)(OCC)C(F)(F)[C@H]1CC(O)O[C@@H]1CO[Si](c1ccccc1)(c1ccccc1)C(C)(C)C. The summed E-state index contributed by atoms with van der Waals surface area (Å²) in [4.78, 5) is 0. The van der Waals surface area contributed by atoms with Crippen LogP contribution in [0.2, 0.25) is 5.04 Å². The third-order valence-corrected chi connectivity index (χ3v) is 15.2. The summed E-state index contributed by atoms with van der Waals surface area (Å²) in [6, 6.07) is 19.9. The second kappa shape index (κ2) is 11.8. The first kappa shape index (κ1) is 29.5. The van der Waals surface area contributed by atoms with E-state index in [-0.39, 0.29) is 31.3 Å². The van der Waals surface area contributed by atoms with Crippen LogP contribution >= 0.6 is 6.49 Å². The zero-order chi connectivity index (χ0) is 26.6. The number of aliphatic hydroxyl groups is 1. The molecular weight excluding hydrogens is 521 g/mol. The molecule has 0 aliphatic carbocycles. The molecule has 3 atom stereocenters. The van der Waals surface area contributed by atoms with Gasteiger partial charge in [0, 0.05) is 6.42 Å². The first-order chi connectivity index (χ1) is 16.9. The lowest BCUT2D eigenvalue weighted by atomic mass is 10.0. The van der Waals surface area contributed by atoms with E-state index < -0.39 is 38.8 Å². The van der Waals surface area contributed by atoms with Gasteiger partial charge < -0.3 is 23.3 Å². The number of halogens is 2. The quantitative estimate of drug-likeness (QED) is 0.300. The number of ether oxygens (including phenoxy) is 1. The summed E-state index contributed by atoms with van der Waals surface area (Å²) in [6.07, 6.45) is -2.71. The van der Waals surface area contributed by atoms with Crippen LogP contribution in [-0.2, 0) is 30.0 Å². The van der Waals surface area contributed by atoms with Crippen LogP contribution in [0.5, 0.6) is 0 Å². The zero-order valence-corrected chi connectivity index (χ0v) is 24.2. The Hall–Kier alpha value is -1.03. The fourth-order valence-corrected chi connectivity index (χ4v) is 12.3. The van der Waals surface area contributed by atoms with Gasteiger partial charge >= 0.3 is 5.66 Å². The third-order valence-electron chi connectivity index (χ3n) is 6.53. The average molecular weight is 559 g/mol. The monoisotopic (exact) mass is 558 g/mol. The Morgan fingerprint density at radius 3 is 1.86 bits per heavy atom. The molecule has 1 heterocycles. The molecule has 1 aliphatic heterocycles. The molecule has 36 heavy (non-hydrogen) atoms. The molecule has 2 aromatic rings. The molecule has 1 N–H and O–H groups in total. The number of rotatable bonds is 11. The average Bonchev–Trinajstić information content (AvgIpc) is 3.21. The Bertz CT molecular complexity index is 972. The van der Waals surface area contributed by atoms with Crippen molar-refractivity contribution in [2.45, 2.75) is 64.1 Å². The van der Waals surface area contributed by atoms with Gasteiger partial charge in [-0.1, -0.05) is 81.4 Å². The van der Waals surface area contributed by atoms with Crippen molar-refractivity contribution in [1.82, 2.24) is 0 Å². The van der Waals surface area contributed by atoms with Gasteiger partial charge in [0.2, 0.25) is 0 Å². The van der Waals surface area contributed by atoms with E-state index in [2.05, 4.69) is 20.8 Å². The first-order valence-corrected chi connectivity index (χ1v) is 16.8. The van der Waals surface area contributed by atoms with Crippen LogP contribution in [0.1, 0.15) is 41.0 Å². The first-order valence-electron chi connectivity index (χ1n) is 12.3. The Balaban J connectivity index is 2.02. The van der Waals surface area contributed by atoms with Crippen molar-refractivity contribution in [2.75, 3.05) is 19.8 Å². The highest BCUT2D eigenvalue weighted by Crippen LogP contribution is 2.67. The van der Waals surface area contributed by atoms with Crippen molar-refractivity contribution >= 4 is 37.0 Å². The van der Waals surface area contributed by atoms with Crippen LogP contribution in [0.25, 0.3) is 0 Å². The number of hydrogen-bond donors (Lipinski definition) is 1.